The Morgan fingerprint density at radius 3 is 2.29 bits per heavy atom. The van der Waals surface area contributed by atoms with E-state index in [-0.39, 0.29) is 24.1 Å². The predicted octanol–water partition coefficient (Wildman–Crippen LogP) is 7.66. The number of rotatable bonds is 8. The second-order valence-electron chi connectivity index (χ2n) is 14.4. The van der Waals surface area contributed by atoms with Crippen LogP contribution in [-0.2, 0) is 4.74 Å². The van der Waals surface area contributed by atoms with Gasteiger partial charge in [0.15, 0.2) is 17.8 Å². The molecule has 2 aromatic carbocycles. The molecule has 12 heteroatoms. The molecule has 2 saturated heterocycles. The summed E-state index contributed by atoms with van der Waals surface area (Å²) < 4.78 is 38.0. The van der Waals surface area contributed by atoms with Crippen molar-refractivity contribution >= 4 is 23.1 Å². The number of likely N-dealkylation sites (tertiary alicyclic amines) is 1. The molecular weight excluding hydrogens is 652 g/mol. The van der Waals surface area contributed by atoms with Gasteiger partial charge >= 0.3 is 6.61 Å². The van der Waals surface area contributed by atoms with E-state index >= 15 is 0 Å². The largest absolute Gasteiger partial charge is 0.435 e. The van der Waals surface area contributed by atoms with Crippen molar-refractivity contribution in [1.82, 2.24) is 29.9 Å². The molecule has 4 aromatic rings. The van der Waals surface area contributed by atoms with Crippen molar-refractivity contribution in [2.24, 2.45) is 5.41 Å². The monoisotopic (exact) mass is 701 g/mol. The van der Waals surface area contributed by atoms with Gasteiger partial charge in [-0.25, -0.2) is 9.97 Å². The van der Waals surface area contributed by atoms with E-state index in [1.807, 2.05) is 34.4 Å². The van der Waals surface area contributed by atoms with E-state index in [2.05, 4.69) is 30.7 Å². The Labute approximate surface area is 298 Å². The van der Waals surface area contributed by atoms with E-state index in [0.29, 0.717) is 35.5 Å². The van der Waals surface area contributed by atoms with Gasteiger partial charge in [-0.05, 0) is 86.1 Å². The van der Waals surface area contributed by atoms with E-state index in [1.165, 1.54) is 69.9 Å². The normalized spacial score (nSPS) is 19.4. The number of nitrogens with one attached hydrogen (secondary N) is 3. The number of ether oxygens (including phenoxy) is 2. The molecule has 3 N–H and O–H groups in total. The molecule has 2 aliphatic heterocycles. The highest BCUT2D eigenvalue weighted by Gasteiger charge is 2.36. The first-order chi connectivity index (χ1) is 24.9. The highest BCUT2D eigenvalue weighted by atomic mass is 19.3. The number of benzene rings is 2. The SMILES string of the molecule is Cc1cc(Nc2nccn3c(-c4ccc(OC(F)F)cc4)cnc23)ccc1C(=O)N1CCC(OC2NCC3(CCCCCCCCC3)CN2)CC1. The summed E-state index contributed by atoms with van der Waals surface area (Å²) in [7, 11) is 0. The highest BCUT2D eigenvalue weighted by molar-refractivity contribution is 5.96. The van der Waals surface area contributed by atoms with Crippen LogP contribution < -0.4 is 20.7 Å². The molecule has 10 nitrogen and oxygen atoms in total. The number of imidazole rings is 1. The number of aromatic nitrogens is 3. The van der Waals surface area contributed by atoms with Crippen molar-refractivity contribution in [2.45, 2.75) is 96.6 Å². The minimum absolute atomic E-state index is 0.0347. The number of amides is 1. The minimum Gasteiger partial charge on any atom is -0.435 e. The molecule has 0 bridgehead atoms. The summed E-state index contributed by atoms with van der Waals surface area (Å²) in [5, 5.41) is 10.7. The Balaban J connectivity index is 0.918. The quantitative estimate of drug-likeness (QED) is 0.172. The number of carbonyl (C=O) groups is 1. The maximum Gasteiger partial charge on any atom is 0.387 e. The summed E-state index contributed by atoms with van der Waals surface area (Å²) in [6.45, 7) is 2.42. The lowest BCUT2D eigenvalue weighted by atomic mass is 9.76. The van der Waals surface area contributed by atoms with Gasteiger partial charge in [0, 0.05) is 55.4 Å². The smallest absolute Gasteiger partial charge is 0.387 e. The summed E-state index contributed by atoms with van der Waals surface area (Å²) >= 11 is 0. The van der Waals surface area contributed by atoms with Gasteiger partial charge in [0.25, 0.3) is 5.91 Å². The lowest BCUT2D eigenvalue weighted by molar-refractivity contribution is -0.0913. The van der Waals surface area contributed by atoms with E-state index in [9.17, 15) is 13.6 Å². The minimum atomic E-state index is -2.88. The molecule has 1 saturated carbocycles. The van der Waals surface area contributed by atoms with Crippen molar-refractivity contribution in [3.8, 4) is 17.0 Å². The Bertz CT molecular complexity index is 1750. The van der Waals surface area contributed by atoms with Crippen molar-refractivity contribution < 1.29 is 23.0 Å². The van der Waals surface area contributed by atoms with E-state index < -0.39 is 6.61 Å². The molecule has 0 atom stereocenters. The third-order valence-corrected chi connectivity index (χ3v) is 10.8. The number of piperidine rings is 1. The predicted molar refractivity (Wildman–Crippen MR) is 193 cm³/mol. The van der Waals surface area contributed by atoms with Crippen LogP contribution in [0.5, 0.6) is 5.75 Å². The number of aryl methyl sites for hydroxylation is 1. The molecule has 272 valence electrons. The molecule has 1 aliphatic carbocycles. The summed E-state index contributed by atoms with van der Waals surface area (Å²) in [5.41, 5.74) is 4.86. The molecule has 2 aromatic heterocycles. The fourth-order valence-electron chi connectivity index (χ4n) is 7.92. The topological polar surface area (TPSA) is 105 Å². The van der Waals surface area contributed by atoms with E-state index in [0.717, 1.165) is 48.4 Å². The molecular formula is C39H49F2N7O3. The van der Waals surface area contributed by atoms with Crippen LogP contribution in [-0.4, -0.2) is 70.4 Å². The second kappa shape index (κ2) is 16.0. The number of anilines is 2. The summed E-state index contributed by atoms with van der Waals surface area (Å²) in [6, 6.07) is 12.1. The Hall–Kier alpha value is -4.13. The first-order valence-corrected chi connectivity index (χ1v) is 18.5. The maximum atomic E-state index is 13.6. The van der Waals surface area contributed by atoms with E-state index in [4.69, 9.17) is 4.74 Å². The average Bonchev–Trinajstić information content (AvgIpc) is 3.58. The van der Waals surface area contributed by atoms with Crippen molar-refractivity contribution in [1.29, 1.82) is 0 Å². The number of halogens is 2. The number of fused-ring (bicyclic) bond motifs is 1. The first kappa shape index (κ1) is 35.3. The Kier molecular flexibility index (Phi) is 11.1. The van der Waals surface area contributed by atoms with Gasteiger partial charge in [-0.1, -0.05) is 44.9 Å². The van der Waals surface area contributed by atoms with Crippen molar-refractivity contribution in [3.63, 3.8) is 0 Å². The van der Waals surface area contributed by atoms with Gasteiger partial charge in [0.2, 0.25) is 0 Å². The van der Waals surface area contributed by atoms with Gasteiger partial charge in [-0.2, -0.15) is 8.78 Å². The van der Waals surface area contributed by atoms with Crippen LogP contribution in [0.3, 0.4) is 0 Å². The molecule has 7 rings (SSSR count). The van der Waals surface area contributed by atoms with Crippen molar-refractivity contribution in [2.75, 3.05) is 31.5 Å². The zero-order valence-corrected chi connectivity index (χ0v) is 29.4. The third-order valence-electron chi connectivity index (χ3n) is 10.8. The summed E-state index contributed by atoms with van der Waals surface area (Å²) in [4.78, 5) is 24.6. The third kappa shape index (κ3) is 8.51. The van der Waals surface area contributed by atoms with Crippen LogP contribution in [0.2, 0.25) is 0 Å². The molecule has 51 heavy (non-hydrogen) atoms. The van der Waals surface area contributed by atoms with Crippen LogP contribution in [0.4, 0.5) is 20.3 Å². The molecule has 1 spiro atoms. The lowest BCUT2D eigenvalue weighted by Gasteiger charge is -2.43. The molecule has 1 amide bonds. The number of hydrogen-bond donors (Lipinski definition) is 3. The van der Waals surface area contributed by atoms with Crippen LogP contribution in [0, 0.1) is 12.3 Å². The fraction of sp³-hybridized carbons (Fsp3) is 0.513. The second-order valence-corrected chi connectivity index (χ2v) is 14.4. The van der Waals surface area contributed by atoms with Gasteiger partial charge in [-0.15, -0.1) is 0 Å². The molecule has 3 aliphatic rings. The molecule has 4 heterocycles. The van der Waals surface area contributed by atoms with Crippen LogP contribution in [0.25, 0.3) is 16.9 Å². The standard InChI is InChI=1S/C39H49F2N7O3/c1-27-23-29(46-34-35-43-24-33(48(35)22-19-42-34)28-9-12-30(13-10-28)50-37(40)41)11-14-32(27)36(49)47-20-15-31(16-21-47)51-38-44-25-39(26-45-38)17-7-5-3-2-4-6-8-18-39/h9-14,19,22-24,31,37-38,44-45H,2-8,15-18,20-21,25-26H2,1H3,(H,42,46). The van der Waals surface area contributed by atoms with E-state index in [1.54, 1.807) is 30.7 Å². The first-order valence-electron chi connectivity index (χ1n) is 18.5. The Morgan fingerprint density at radius 2 is 1.63 bits per heavy atom. The molecule has 0 unspecified atom stereocenters. The molecule has 0 radical (unpaired) electrons. The van der Waals surface area contributed by atoms with Crippen molar-refractivity contribution in [3.05, 3.63) is 72.2 Å². The Morgan fingerprint density at radius 1 is 0.941 bits per heavy atom. The number of alkyl halides is 2. The maximum absolute atomic E-state index is 13.6. The fourth-order valence-corrected chi connectivity index (χ4v) is 7.92. The lowest BCUT2D eigenvalue weighted by Crippen LogP contribution is -2.60. The summed E-state index contributed by atoms with van der Waals surface area (Å²) in [6.07, 6.45) is 18.9. The van der Waals surface area contributed by atoms with Gasteiger partial charge in [0.05, 0.1) is 18.0 Å². The van der Waals surface area contributed by atoms with Crippen LogP contribution in [0.1, 0.15) is 86.6 Å². The molecule has 3 fully saturated rings. The number of nitrogens with zero attached hydrogens (tertiary/aromatic N) is 4. The van der Waals surface area contributed by atoms with Crippen LogP contribution in [0.15, 0.2) is 61.1 Å². The average molecular weight is 702 g/mol. The summed E-state index contributed by atoms with van der Waals surface area (Å²) in [5.74, 6) is 0.678. The number of hydrogen-bond acceptors (Lipinski definition) is 8. The zero-order valence-electron chi connectivity index (χ0n) is 29.4. The highest BCUT2D eigenvalue weighted by Crippen LogP contribution is 2.34. The van der Waals surface area contributed by atoms with Gasteiger partial charge in [0.1, 0.15) is 5.75 Å². The number of carbonyl (C=O) groups excluding carboxylic acids is 1. The van der Waals surface area contributed by atoms with Crippen LogP contribution >= 0.6 is 0 Å². The zero-order chi connectivity index (χ0) is 35.2. The van der Waals surface area contributed by atoms with Gasteiger partial charge in [-0.3, -0.25) is 19.8 Å². The van der Waals surface area contributed by atoms with Gasteiger partial charge < -0.3 is 19.7 Å².